The molecule has 1 N–H and O–H groups in total. The monoisotopic (exact) mass is 326 g/mol. The molecule has 2 atom stereocenters. The van der Waals surface area contributed by atoms with Crippen LogP contribution in [0.3, 0.4) is 0 Å². The first kappa shape index (κ1) is 14.5. The molecule has 1 aromatic heterocycles. The topological polar surface area (TPSA) is 53.4 Å². The van der Waals surface area contributed by atoms with E-state index in [1.807, 2.05) is 0 Å². The van der Waals surface area contributed by atoms with E-state index in [-0.39, 0.29) is 17.9 Å². The largest absolute Gasteiger partial charge is 0.393 e. The molecule has 1 heterocycles. The van der Waals surface area contributed by atoms with Gasteiger partial charge in [-0.15, -0.1) is 0 Å². The summed E-state index contributed by atoms with van der Waals surface area (Å²) in [7, 11) is 1.77. The van der Waals surface area contributed by atoms with Gasteiger partial charge in [0.2, 0.25) is 0 Å². The Hall–Kier alpha value is -0.940. The summed E-state index contributed by atoms with van der Waals surface area (Å²) >= 11 is 3.27. The summed E-state index contributed by atoms with van der Waals surface area (Å²) in [5.41, 5.74) is 0.433. The molecule has 1 aliphatic rings. The standard InChI is InChI=1S/C14H19BrN2O2/c1-17(9-10-5-2-3-7-12(10)18)14(19)11-6-4-8-13(15)16-11/h4,6,8,10,12,18H,2-3,5,7,9H2,1H3. The van der Waals surface area contributed by atoms with Crippen LogP contribution in [0.2, 0.25) is 0 Å². The van der Waals surface area contributed by atoms with Gasteiger partial charge in [-0.05, 0) is 40.9 Å². The third-order valence-electron chi connectivity index (χ3n) is 3.66. The van der Waals surface area contributed by atoms with Gasteiger partial charge in [-0.3, -0.25) is 4.79 Å². The number of amides is 1. The molecule has 1 aromatic rings. The van der Waals surface area contributed by atoms with Crippen molar-refractivity contribution < 1.29 is 9.90 Å². The fraction of sp³-hybridized carbons (Fsp3) is 0.571. The Morgan fingerprint density at radius 3 is 2.89 bits per heavy atom. The van der Waals surface area contributed by atoms with Crippen molar-refractivity contribution in [3.05, 3.63) is 28.5 Å². The van der Waals surface area contributed by atoms with Crippen molar-refractivity contribution in [2.24, 2.45) is 5.92 Å². The second-order valence-electron chi connectivity index (χ2n) is 5.14. The molecule has 19 heavy (non-hydrogen) atoms. The van der Waals surface area contributed by atoms with E-state index >= 15 is 0 Å². The van der Waals surface area contributed by atoms with E-state index in [1.165, 1.54) is 0 Å². The highest BCUT2D eigenvalue weighted by molar-refractivity contribution is 9.10. The minimum atomic E-state index is -0.278. The first-order valence-corrected chi connectivity index (χ1v) is 7.43. The molecule has 1 aliphatic carbocycles. The van der Waals surface area contributed by atoms with Crippen LogP contribution in [0, 0.1) is 5.92 Å². The maximum absolute atomic E-state index is 12.2. The van der Waals surface area contributed by atoms with Gasteiger partial charge in [-0.25, -0.2) is 4.98 Å². The number of carbonyl (C=O) groups excluding carboxylic acids is 1. The van der Waals surface area contributed by atoms with Gasteiger partial charge in [-0.1, -0.05) is 18.9 Å². The number of carbonyl (C=O) groups is 1. The molecule has 5 heteroatoms. The van der Waals surface area contributed by atoms with Gasteiger partial charge in [0.05, 0.1) is 6.10 Å². The van der Waals surface area contributed by atoms with Gasteiger partial charge < -0.3 is 10.0 Å². The smallest absolute Gasteiger partial charge is 0.272 e. The maximum atomic E-state index is 12.2. The molecule has 0 saturated heterocycles. The molecule has 0 aliphatic heterocycles. The van der Waals surface area contributed by atoms with Crippen LogP contribution in [-0.4, -0.2) is 40.6 Å². The van der Waals surface area contributed by atoms with Crippen molar-refractivity contribution in [1.82, 2.24) is 9.88 Å². The predicted octanol–water partition coefficient (Wildman–Crippen LogP) is 2.47. The van der Waals surface area contributed by atoms with Crippen molar-refractivity contribution in [1.29, 1.82) is 0 Å². The molecule has 2 rings (SSSR count). The third-order valence-corrected chi connectivity index (χ3v) is 4.10. The summed E-state index contributed by atoms with van der Waals surface area (Å²) < 4.78 is 0.657. The number of aliphatic hydroxyl groups is 1. The predicted molar refractivity (Wildman–Crippen MR) is 76.9 cm³/mol. The Morgan fingerprint density at radius 1 is 1.47 bits per heavy atom. The van der Waals surface area contributed by atoms with Crippen LogP contribution in [-0.2, 0) is 0 Å². The molecule has 2 unspecified atom stereocenters. The van der Waals surface area contributed by atoms with Gasteiger partial charge >= 0.3 is 0 Å². The molecule has 4 nitrogen and oxygen atoms in total. The van der Waals surface area contributed by atoms with E-state index in [1.54, 1.807) is 30.1 Å². The Balaban J connectivity index is 1.99. The van der Waals surface area contributed by atoms with Gasteiger partial charge in [0.25, 0.3) is 5.91 Å². The van der Waals surface area contributed by atoms with Crippen molar-refractivity contribution in [2.75, 3.05) is 13.6 Å². The van der Waals surface area contributed by atoms with Crippen LogP contribution >= 0.6 is 15.9 Å². The molecule has 1 saturated carbocycles. The number of rotatable bonds is 3. The molecule has 0 spiro atoms. The highest BCUT2D eigenvalue weighted by Gasteiger charge is 2.26. The minimum Gasteiger partial charge on any atom is -0.393 e. The minimum absolute atomic E-state index is 0.0981. The summed E-state index contributed by atoms with van der Waals surface area (Å²) in [6.07, 6.45) is 3.79. The highest BCUT2D eigenvalue weighted by atomic mass is 79.9. The van der Waals surface area contributed by atoms with Crippen LogP contribution in [0.1, 0.15) is 36.2 Å². The lowest BCUT2D eigenvalue weighted by atomic mass is 9.86. The Labute approximate surface area is 122 Å². The summed E-state index contributed by atoms with van der Waals surface area (Å²) in [4.78, 5) is 18.1. The zero-order chi connectivity index (χ0) is 13.8. The lowest BCUT2D eigenvalue weighted by Gasteiger charge is -2.31. The third kappa shape index (κ3) is 3.76. The van der Waals surface area contributed by atoms with Crippen LogP contribution in [0.25, 0.3) is 0 Å². The normalized spacial score (nSPS) is 23.1. The summed E-state index contributed by atoms with van der Waals surface area (Å²) in [6.45, 7) is 0.591. The van der Waals surface area contributed by atoms with E-state index < -0.39 is 0 Å². The number of aromatic nitrogens is 1. The van der Waals surface area contributed by atoms with Crippen LogP contribution in [0.4, 0.5) is 0 Å². The average Bonchev–Trinajstić information content (AvgIpc) is 2.40. The number of nitrogens with zero attached hydrogens (tertiary/aromatic N) is 2. The van der Waals surface area contributed by atoms with Crippen LogP contribution in [0.15, 0.2) is 22.8 Å². The summed E-state index contributed by atoms with van der Waals surface area (Å²) in [6, 6.07) is 5.30. The Kier molecular flexibility index (Phi) is 4.93. The zero-order valence-corrected chi connectivity index (χ0v) is 12.6. The Morgan fingerprint density at radius 2 is 2.21 bits per heavy atom. The first-order valence-electron chi connectivity index (χ1n) is 6.64. The molecule has 0 radical (unpaired) electrons. The fourth-order valence-corrected chi connectivity index (χ4v) is 2.90. The average molecular weight is 327 g/mol. The second-order valence-corrected chi connectivity index (χ2v) is 5.96. The Bertz CT molecular complexity index is 453. The van der Waals surface area contributed by atoms with Gasteiger partial charge in [0, 0.05) is 19.5 Å². The zero-order valence-electron chi connectivity index (χ0n) is 11.1. The van der Waals surface area contributed by atoms with Crippen molar-refractivity contribution in [2.45, 2.75) is 31.8 Å². The van der Waals surface area contributed by atoms with Gasteiger partial charge in [0.15, 0.2) is 0 Å². The second kappa shape index (κ2) is 6.48. The van der Waals surface area contributed by atoms with Gasteiger partial charge in [0.1, 0.15) is 10.3 Å². The number of aliphatic hydroxyl groups excluding tert-OH is 1. The van der Waals surface area contributed by atoms with E-state index in [4.69, 9.17) is 0 Å². The number of pyridine rings is 1. The van der Waals surface area contributed by atoms with E-state index in [9.17, 15) is 9.90 Å². The SMILES string of the molecule is CN(CC1CCCCC1O)C(=O)c1cccc(Br)n1. The van der Waals surface area contributed by atoms with Crippen LogP contribution in [0.5, 0.6) is 0 Å². The van der Waals surface area contributed by atoms with Crippen LogP contribution < -0.4 is 0 Å². The maximum Gasteiger partial charge on any atom is 0.272 e. The molecule has 0 bridgehead atoms. The molecule has 1 amide bonds. The molecule has 0 aromatic carbocycles. The first-order chi connectivity index (χ1) is 9.08. The number of halogens is 1. The summed E-state index contributed by atoms with van der Waals surface area (Å²) in [5.74, 6) is 0.0916. The number of hydrogen-bond donors (Lipinski definition) is 1. The lowest BCUT2D eigenvalue weighted by Crippen LogP contribution is -2.38. The van der Waals surface area contributed by atoms with E-state index in [0.717, 1.165) is 25.7 Å². The highest BCUT2D eigenvalue weighted by Crippen LogP contribution is 2.25. The molecular weight excluding hydrogens is 308 g/mol. The van der Waals surface area contributed by atoms with E-state index in [0.29, 0.717) is 16.8 Å². The van der Waals surface area contributed by atoms with Gasteiger partial charge in [-0.2, -0.15) is 0 Å². The van der Waals surface area contributed by atoms with Crippen molar-refractivity contribution >= 4 is 21.8 Å². The quantitative estimate of drug-likeness (QED) is 0.868. The number of hydrogen-bond acceptors (Lipinski definition) is 3. The lowest BCUT2D eigenvalue weighted by molar-refractivity contribution is 0.0448. The van der Waals surface area contributed by atoms with E-state index in [2.05, 4.69) is 20.9 Å². The van der Waals surface area contributed by atoms with Crippen molar-refractivity contribution in [3.8, 4) is 0 Å². The summed E-state index contributed by atoms with van der Waals surface area (Å²) in [5, 5.41) is 9.95. The fourth-order valence-electron chi connectivity index (χ4n) is 2.56. The molecule has 1 fully saturated rings. The molecule has 104 valence electrons. The van der Waals surface area contributed by atoms with Crippen molar-refractivity contribution in [3.63, 3.8) is 0 Å². The molecular formula is C14H19BrN2O2.